The van der Waals surface area contributed by atoms with Crippen LogP contribution in [0.25, 0.3) is 0 Å². The number of rotatable bonds is 7. The Hall–Kier alpha value is -1.25. The van der Waals surface area contributed by atoms with Crippen molar-refractivity contribution >= 4 is 33.2 Å². The molecule has 8 heteroatoms. The van der Waals surface area contributed by atoms with Crippen molar-refractivity contribution in [1.82, 2.24) is 0 Å². The first-order valence-electron chi connectivity index (χ1n) is 4.96. The molecule has 0 aliphatic rings. The number of aliphatic carboxylic acids is 1. The van der Waals surface area contributed by atoms with Gasteiger partial charge < -0.3 is 10.2 Å². The summed E-state index contributed by atoms with van der Waals surface area (Å²) in [4.78, 5) is 21.1. The molecular weight excluding hydrogens is 278 g/mol. The second-order valence-electron chi connectivity index (χ2n) is 3.27. The minimum absolute atomic E-state index is 0.0220. The van der Waals surface area contributed by atoms with Crippen LogP contribution in [0.4, 0.5) is 5.69 Å². The number of carboxylic acids is 1. The Balaban J connectivity index is 2.45. The van der Waals surface area contributed by atoms with Crippen molar-refractivity contribution < 1.29 is 19.9 Å². The lowest BCUT2D eigenvalue weighted by Crippen LogP contribution is -2.19. The van der Waals surface area contributed by atoms with Gasteiger partial charge in [0.05, 0.1) is 9.82 Å². The van der Waals surface area contributed by atoms with Gasteiger partial charge in [-0.2, -0.15) is 0 Å². The quantitative estimate of drug-likeness (QED) is 0.343. The van der Waals surface area contributed by atoms with Gasteiger partial charge >= 0.3 is 5.97 Å². The summed E-state index contributed by atoms with van der Waals surface area (Å²) in [5.74, 6) is -0.865. The van der Waals surface area contributed by atoms with Crippen LogP contribution in [-0.4, -0.2) is 33.0 Å². The van der Waals surface area contributed by atoms with Crippen LogP contribution in [0.1, 0.15) is 6.42 Å². The van der Waals surface area contributed by atoms with Gasteiger partial charge in [0.1, 0.15) is 0 Å². The maximum absolute atomic E-state index is 10.7. The number of nitro groups is 1. The average Bonchev–Trinajstić information content (AvgIpc) is 2.34. The van der Waals surface area contributed by atoms with E-state index >= 15 is 0 Å². The zero-order valence-corrected chi connectivity index (χ0v) is 10.8. The molecule has 1 rings (SSSR count). The lowest BCUT2D eigenvalue weighted by atomic mass is 10.3. The van der Waals surface area contributed by atoms with Crippen molar-refractivity contribution in [3.63, 3.8) is 0 Å². The molecule has 0 saturated heterocycles. The van der Waals surface area contributed by atoms with Crippen LogP contribution in [0.2, 0.25) is 0 Å². The van der Waals surface area contributed by atoms with Gasteiger partial charge in [-0.05, 0) is 12.5 Å². The molecule has 0 fully saturated rings. The highest BCUT2D eigenvalue weighted by Gasteiger charge is 2.15. The summed E-state index contributed by atoms with van der Waals surface area (Å²) in [6, 6.07) is 6.32. The number of aliphatic hydroxyl groups excluding tert-OH is 1. The lowest BCUT2D eigenvalue weighted by Gasteiger charge is -2.04. The van der Waals surface area contributed by atoms with E-state index in [1.54, 1.807) is 18.2 Å². The van der Waals surface area contributed by atoms with Gasteiger partial charge in [0.15, 0.2) is 6.10 Å². The van der Waals surface area contributed by atoms with E-state index in [0.29, 0.717) is 10.6 Å². The highest BCUT2D eigenvalue weighted by molar-refractivity contribution is 8.76. The van der Waals surface area contributed by atoms with Crippen LogP contribution in [0, 0.1) is 10.1 Å². The number of carbonyl (C=O) groups is 1. The molecule has 1 aromatic rings. The van der Waals surface area contributed by atoms with Crippen LogP contribution >= 0.6 is 21.6 Å². The van der Waals surface area contributed by atoms with Gasteiger partial charge in [0.2, 0.25) is 0 Å². The Bertz CT molecular complexity index is 440. The molecule has 0 spiro atoms. The van der Waals surface area contributed by atoms with Gasteiger partial charge in [-0.3, -0.25) is 10.1 Å². The first-order valence-corrected chi connectivity index (χ1v) is 7.28. The predicted octanol–water partition coefficient (Wildman–Crippen LogP) is 2.17. The largest absolute Gasteiger partial charge is 0.479 e. The van der Waals surface area contributed by atoms with Crippen molar-refractivity contribution in [2.45, 2.75) is 17.4 Å². The summed E-state index contributed by atoms with van der Waals surface area (Å²) < 4.78 is 0. The van der Waals surface area contributed by atoms with Crippen molar-refractivity contribution in [3.05, 3.63) is 34.4 Å². The standard InChI is InChI=1S/C10H11NO5S2/c12-8(10(13)14)5-6-17-18-9-4-2-1-3-7(9)11(15)16/h1-4,8,12H,5-6H2,(H,13,14). The highest BCUT2D eigenvalue weighted by atomic mass is 33.1. The molecule has 18 heavy (non-hydrogen) atoms. The van der Waals surface area contributed by atoms with E-state index in [0.717, 1.165) is 0 Å². The third kappa shape index (κ3) is 4.55. The van der Waals surface area contributed by atoms with E-state index in [1.807, 2.05) is 0 Å². The third-order valence-corrected chi connectivity index (χ3v) is 4.41. The Morgan fingerprint density at radius 2 is 2.11 bits per heavy atom. The van der Waals surface area contributed by atoms with Crippen molar-refractivity contribution in [3.8, 4) is 0 Å². The van der Waals surface area contributed by atoms with Crippen LogP contribution in [0.15, 0.2) is 29.2 Å². The van der Waals surface area contributed by atoms with Gasteiger partial charge in [-0.15, -0.1) is 0 Å². The number of carboxylic acid groups (broad SMARTS) is 1. The van der Waals surface area contributed by atoms with Crippen molar-refractivity contribution in [1.29, 1.82) is 0 Å². The predicted molar refractivity (Wildman–Crippen MR) is 69.7 cm³/mol. The first kappa shape index (κ1) is 14.8. The molecule has 6 nitrogen and oxygen atoms in total. The van der Waals surface area contributed by atoms with Gasteiger partial charge in [0.25, 0.3) is 5.69 Å². The molecule has 0 aliphatic carbocycles. The topological polar surface area (TPSA) is 101 Å². The average molecular weight is 289 g/mol. The molecule has 0 heterocycles. The highest BCUT2D eigenvalue weighted by Crippen LogP contribution is 2.37. The zero-order valence-electron chi connectivity index (χ0n) is 9.18. The summed E-state index contributed by atoms with van der Waals surface area (Å²) >= 11 is 0. The lowest BCUT2D eigenvalue weighted by molar-refractivity contribution is -0.387. The maximum Gasteiger partial charge on any atom is 0.332 e. The number of hydrogen-bond donors (Lipinski definition) is 2. The van der Waals surface area contributed by atoms with Crippen LogP contribution in [0.5, 0.6) is 0 Å². The van der Waals surface area contributed by atoms with Gasteiger partial charge in [-0.1, -0.05) is 33.7 Å². The molecular formula is C10H11NO5S2. The summed E-state index contributed by atoms with van der Waals surface area (Å²) in [6.07, 6.45) is -1.28. The molecule has 2 N–H and O–H groups in total. The Labute approximate surface area is 111 Å². The summed E-state index contributed by atoms with van der Waals surface area (Å²) in [6.45, 7) is 0. The van der Waals surface area contributed by atoms with E-state index in [-0.39, 0.29) is 12.1 Å². The van der Waals surface area contributed by atoms with Crippen molar-refractivity contribution in [2.75, 3.05) is 5.75 Å². The molecule has 0 aromatic heterocycles. The van der Waals surface area contributed by atoms with Crippen LogP contribution < -0.4 is 0 Å². The van der Waals surface area contributed by atoms with Crippen LogP contribution in [-0.2, 0) is 4.79 Å². The number of benzene rings is 1. The molecule has 1 aromatic carbocycles. The minimum atomic E-state index is -1.39. The summed E-state index contributed by atoms with van der Waals surface area (Å²) in [5.41, 5.74) is 0.0220. The fourth-order valence-corrected chi connectivity index (χ4v) is 3.30. The number of nitrogens with zero attached hydrogens (tertiary/aromatic N) is 1. The summed E-state index contributed by atoms with van der Waals surface area (Å²) in [5, 5.41) is 28.2. The van der Waals surface area contributed by atoms with E-state index in [1.165, 1.54) is 27.7 Å². The number of aliphatic hydroxyl groups is 1. The molecule has 1 unspecified atom stereocenters. The van der Waals surface area contributed by atoms with Gasteiger partial charge in [-0.25, -0.2) is 4.79 Å². The van der Waals surface area contributed by atoms with E-state index in [4.69, 9.17) is 10.2 Å². The second kappa shape index (κ2) is 7.24. The molecule has 0 radical (unpaired) electrons. The van der Waals surface area contributed by atoms with Crippen LogP contribution in [0.3, 0.4) is 0 Å². The number of nitro benzene ring substituents is 1. The molecule has 98 valence electrons. The summed E-state index contributed by atoms with van der Waals surface area (Å²) in [7, 11) is 2.47. The molecule has 0 aliphatic heterocycles. The molecule has 0 bridgehead atoms. The Morgan fingerprint density at radius 3 is 2.72 bits per heavy atom. The van der Waals surface area contributed by atoms with Gasteiger partial charge in [0, 0.05) is 11.8 Å². The fourth-order valence-electron chi connectivity index (χ4n) is 1.07. The van der Waals surface area contributed by atoms with E-state index in [9.17, 15) is 14.9 Å². The van der Waals surface area contributed by atoms with E-state index < -0.39 is 17.0 Å². The third-order valence-electron chi connectivity index (χ3n) is 1.97. The molecule has 0 amide bonds. The zero-order chi connectivity index (χ0) is 13.5. The SMILES string of the molecule is O=C(O)C(O)CCSSc1ccccc1[N+](=O)[O-]. The normalized spacial score (nSPS) is 12.1. The smallest absolute Gasteiger partial charge is 0.332 e. The number of hydrogen-bond acceptors (Lipinski definition) is 6. The Kier molecular flexibility index (Phi) is 5.96. The second-order valence-corrected chi connectivity index (χ2v) is 5.73. The monoisotopic (exact) mass is 289 g/mol. The minimum Gasteiger partial charge on any atom is -0.479 e. The first-order chi connectivity index (χ1) is 8.52. The van der Waals surface area contributed by atoms with Crippen molar-refractivity contribution in [2.24, 2.45) is 0 Å². The molecule has 1 atom stereocenters. The number of para-hydroxylation sites is 1. The molecule has 0 saturated carbocycles. The Morgan fingerprint density at radius 1 is 1.44 bits per heavy atom. The maximum atomic E-state index is 10.7. The van der Waals surface area contributed by atoms with E-state index in [2.05, 4.69) is 0 Å². The fraction of sp³-hybridized carbons (Fsp3) is 0.300.